The lowest BCUT2D eigenvalue weighted by Gasteiger charge is -2.11. The van der Waals surface area contributed by atoms with Gasteiger partial charge in [-0.2, -0.15) is 0 Å². The molecule has 0 saturated heterocycles. The van der Waals surface area contributed by atoms with Crippen LogP contribution in [-0.4, -0.2) is 26.1 Å². The third kappa shape index (κ3) is 3.89. The normalized spacial score (nSPS) is 11.3. The number of hydrogen-bond donors (Lipinski definition) is 1. The van der Waals surface area contributed by atoms with Gasteiger partial charge in [0.2, 0.25) is 0 Å². The van der Waals surface area contributed by atoms with Crippen LogP contribution in [0.1, 0.15) is 17.5 Å². The molecule has 0 atom stereocenters. The second kappa shape index (κ2) is 5.58. The summed E-state index contributed by atoms with van der Waals surface area (Å²) in [6, 6.07) is 2.94. The zero-order chi connectivity index (χ0) is 13.9. The van der Waals surface area contributed by atoms with Crippen molar-refractivity contribution in [3.05, 3.63) is 23.3 Å². The summed E-state index contributed by atoms with van der Waals surface area (Å²) < 4.78 is 27.8. The summed E-state index contributed by atoms with van der Waals surface area (Å²) in [5, 5.41) is 8.49. The third-order valence-corrected chi connectivity index (χ3v) is 3.77. The minimum atomic E-state index is -3.78. The van der Waals surface area contributed by atoms with Crippen LogP contribution >= 0.6 is 10.7 Å². The van der Waals surface area contributed by atoms with Crippen molar-refractivity contribution in [1.82, 2.24) is 0 Å². The van der Waals surface area contributed by atoms with Gasteiger partial charge >= 0.3 is 5.97 Å². The quantitative estimate of drug-likeness (QED) is 0.840. The van der Waals surface area contributed by atoms with Gasteiger partial charge in [0.25, 0.3) is 9.05 Å². The van der Waals surface area contributed by atoms with Gasteiger partial charge in [-0.1, -0.05) is 0 Å². The highest BCUT2D eigenvalue weighted by atomic mass is 35.7. The molecule has 0 aliphatic heterocycles. The molecule has 1 aromatic carbocycles. The Morgan fingerprint density at radius 1 is 1.33 bits per heavy atom. The summed E-state index contributed by atoms with van der Waals surface area (Å²) in [6.45, 7) is 3.29. The number of ether oxygens (including phenoxy) is 1. The van der Waals surface area contributed by atoms with Crippen LogP contribution in [0.25, 0.3) is 0 Å². The van der Waals surface area contributed by atoms with E-state index in [4.69, 9.17) is 20.5 Å². The zero-order valence-corrected chi connectivity index (χ0v) is 11.5. The predicted octanol–water partition coefficient (Wildman–Crippen LogP) is 2.08. The van der Waals surface area contributed by atoms with E-state index in [1.807, 2.05) is 0 Å². The Morgan fingerprint density at radius 3 is 2.44 bits per heavy atom. The standard InChI is InChI=1S/C11H13ClO5S/c1-7-6-10(18(12,15)16)8(2)5-9(7)17-4-3-11(13)14/h5-6H,3-4H2,1-2H3,(H,13,14). The van der Waals surface area contributed by atoms with Crippen LogP contribution in [0.15, 0.2) is 17.0 Å². The molecule has 0 radical (unpaired) electrons. The van der Waals surface area contributed by atoms with Crippen molar-refractivity contribution in [2.24, 2.45) is 0 Å². The highest BCUT2D eigenvalue weighted by Gasteiger charge is 2.16. The molecule has 0 spiro atoms. The first-order valence-corrected chi connectivity index (χ1v) is 7.43. The molecule has 1 N–H and O–H groups in total. The number of rotatable bonds is 5. The fourth-order valence-corrected chi connectivity index (χ4v) is 2.69. The summed E-state index contributed by atoms with van der Waals surface area (Å²) in [5.41, 5.74) is 1.05. The van der Waals surface area contributed by atoms with E-state index in [0.29, 0.717) is 16.9 Å². The van der Waals surface area contributed by atoms with Crippen LogP contribution in [0.2, 0.25) is 0 Å². The molecule has 1 aromatic rings. The predicted molar refractivity (Wildman–Crippen MR) is 66.7 cm³/mol. The van der Waals surface area contributed by atoms with Gasteiger partial charge in [0.05, 0.1) is 17.9 Å². The second-order valence-corrected chi connectivity index (χ2v) is 6.35. The molecule has 0 aliphatic carbocycles. The number of aryl methyl sites for hydroxylation is 2. The second-order valence-electron chi connectivity index (χ2n) is 3.81. The first-order valence-electron chi connectivity index (χ1n) is 5.12. The van der Waals surface area contributed by atoms with Crippen molar-refractivity contribution >= 4 is 25.7 Å². The van der Waals surface area contributed by atoms with Crippen LogP contribution in [0.4, 0.5) is 0 Å². The Bertz CT molecular complexity index is 565. The van der Waals surface area contributed by atoms with Crippen LogP contribution in [0, 0.1) is 13.8 Å². The zero-order valence-electron chi connectivity index (χ0n) is 9.94. The average Bonchev–Trinajstić information content (AvgIpc) is 2.20. The van der Waals surface area contributed by atoms with Gasteiger partial charge in [-0.15, -0.1) is 0 Å². The molecule has 0 heterocycles. The Balaban J connectivity index is 2.97. The Hall–Kier alpha value is -1.27. The van der Waals surface area contributed by atoms with Crippen molar-refractivity contribution in [3.63, 3.8) is 0 Å². The lowest BCUT2D eigenvalue weighted by atomic mass is 10.1. The van der Waals surface area contributed by atoms with E-state index in [0.717, 1.165) is 0 Å². The van der Waals surface area contributed by atoms with Crippen molar-refractivity contribution in [3.8, 4) is 5.75 Å². The third-order valence-electron chi connectivity index (χ3n) is 2.31. The fourth-order valence-electron chi connectivity index (χ4n) is 1.43. The van der Waals surface area contributed by atoms with Gasteiger partial charge in [0.15, 0.2) is 0 Å². The van der Waals surface area contributed by atoms with Gasteiger partial charge in [-0.25, -0.2) is 8.42 Å². The van der Waals surface area contributed by atoms with Gasteiger partial charge in [-0.3, -0.25) is 4.79 Å². The molecule has 7 heteroatoms. The summed E-state index contributed by atoms with van der Waals surface area (Å²) >= 11 is 0. The van der Waals surface area contributed by atoms with Gasteiger partial charge in [-0.05, 0) is 37.1 Å². The molecule has 0 bridgehead atoms. The molecule has 5 nitrogen and oxygen atoms in total. The van der Waals surface area contributed by atoms with Crippen LogP contribution < -0.4 is 4.74 Å². The average molecular weight is 293 g/mol. The molecule has 0 saturated carbocycles. The SMILES string of the molecule is Cc1cc(S(=O)(=O)Cl)c(C)cc1OCCC(=O)O. The highest BCUT2D eigenvalue weighted by molar-refractivity contribution is 8.13. The van der Waals surface area contributed by atoms with Gasteiger partial charge in [0.1, 0.15) is 5.75 Å². The molecule has 0 fully saturated rings. The van der Waals surface area contributed by atoms with Crippen molar-refractivity contribution in [2.45, 2.75) is 25.2 Å². The van der Waals surface area contributed by atoms with E-state index < -0.39 is 15.0 Å². The summed E-state index contributed by atoms with van der Waals surface area (Å²) in [4.78, 5) is 10.4. The summed E-state index contributed by atoms with van der Waals surface area (Å²) in [5.74, 6) is -0.498. The van der Waals surface area contributed by atoms with E-state index in [-0.39, 0.29) is 17.9 Å². The molecule has 0 amide bonds. The highest BCUT2D eigenvalue weighted by Crippen LogP contribution is 2.27. The fraction of sp³-hybridized carbons (Fsp3) is 0.364. The molecule has 100 valence electrons. The molecule has 0 aromatic heterocycles. The van der Waals surface area contributed by atoms with E-state index in [9.17, 15) is 13.2 Å². The molecular weight excluding hydrogens is 280 g/mol. The number of halogens is 1. The number of carbonyl (C=O) groups is 1. The maximum absolute atomic E-state index is 11.3. The Labute approximate surface area is 110 Å². The van der Waals surface area contributed by atoms with Crippen molar-refractivity contribution in [1.29, 1.82) is 0 Å². The van der Waals surface area contributed by atoms with Gasteiger partial charge in [0, 0.05) is 10.7 Å². The maximum atomic E-state index is 11.3. The molecular formula is C11H13ClO5S. The first-order chi connectivity index (χ1) is 8.21. The molecule has 0 aliphatic rings. The number of carboxylic acids is 1. The minimum Gasteiger partial charge on any atom is -0.493 e. The van der Waals surface area contributed by atoms with E-state index in [1.165, 1.54) is 12.1 Å². The molecule has 1 rings (SSSR count). The Morgan fingerprint density at radius 2 is 1.94 bits per heavy atom. The maximum Gasteiger partial charge on any atom is 0.306 e. The Kier molecular flexibility index (Phi) is 4.59. The van der Waals surface area contributed by atoms with Crippen molar-refractivity contribution < 1.29 is 23.1 Å². The summed E-state index contributed by atoms with van der Waals surface area (Å²) in [7, 11) is 1.50. The minimum absolute atomic E-state index is 0.0303. The largest absolute Gasteiger partial charge is 0.493 e. The van der Waals surface area contributed by atoms with E-state index >= 15 is 0 Å². The number of carboxylic acid groups (broad SMARTS) is 1. The monoisotopic (exact) mass is 292 g/mol. The van der Waals surface area contributed by atoms with Crippen LogP contribution in [-0.2, 0) is 13.8 Å². The van der Waals surface area contributed by atoms with Crippen LogP contribution in [0.3, 0.4) is 0 Å². The molecule has 0 unspecified atom stereocenters. The summed E-state index contributed by atoms with van der Waals surface area (Å²) in [6.07, 6.45) is -0.117. The van der Waals surface area contributed by atoms with Gasteiger partial charge < -0.3 is 9.84 Å². The smallest absolute Gasteiger partial charge is 0.306 e. The number of aliphatic carboxylic acids is 1. The first kappa shape index (κ1) is 14.8. The lowest BCUT2D eigenvalue weighted by molar-refractivity contribution is -0.137. The molecule has 18 heavy (non-hydrogen) atoms. The van der Waals surface area contributed by atoms with E-state index in [2.05, 4.69) is 0 Å². The topological polar surface area (TPSA) is 80.7 Å². The lowest BCUT2D eigenvalue weighted by Crippen LogP contribution is -2.06. The van der Waals surface area contributed by atoms with Crippen LogP contribution in [0.5, 0.6) is 5.75 Å². The number of hydrogen-bond acceptors (Lipinski definition) is 4. The van der Waals surface area contributed by atoms with Crippen molar-refractivity contribution in [2.75, 3.05) is 6.61 Å². The van der Waals surface area contributed by atoms with E-state index in [1.54, 1.807) is 13.8 Å². The number of benzene rings is 1.